The number of hydrogen-bond acceptors (Lipinski definition) is 3. The van der Waals surface area contributed by atoms with Crippen LogP contribution in [0.1, 0.15) is 18.5 Å². The van der Waals surface area contributed by atoms with Gasteiger partial charge < -0.3 is 10.2 Å². The molecule has 4 heteroatoms. The van der Waals surface area contributed by atoms with E-state index >= 15 is 0 Å². The van der Waals surface area contributed by atoms with E-state index in [1.165, 1.54) is 12.1 Å². The van der Waals surface area contributed by atoms with Crippen molar-refractivity contribution in [1.29, 1.82) is 0 Å². The van der Waals surface area contributed by atoms with Crippen molar-refractivity contribution >= 4 is 11.1 Å². The molecule has 1 aromatic heterocycles. The van der Waals surface area contributed by atoms with E-state index in [1.807, 2.05) is 25.1 Å². The van der Waals surface area contributed by atoms with Crippen molar-refractivity contribution in [3.05, 3.63) is 53.8 Å². The summed E-state index contributed by atoms with van der Waals surface area (Å²) in [6.07, 6.45) is 0. The highest BCUT2D eigenvalue weighted by Crippen LogP contribution is 2.26. The zero-order valence-electron chi connectivity index (χ0n) is 10.4. The monoisotopic (exact) mass is 256 g/mol. The van der Waals surface area contributed by atoms with Crippen LogP contribution in [0, 0.1) is 5.82 Å². The Hall–Kier alpha value is -2.20. The zero-order valence-corrected chi connectivity index (χ0v) is 10.4. The molecule has 0 aliphatic carbocycles. The van der Waals surface area contributed by atoms with Gasteiger partial charge in [-0.15, -0.1) is 0 Å². The van der Waals surface area contributed by atoms with Crippen LogP contribution in [-0.2, 0) is 0 Å². The molecule has 0 saturated heterocycles. The Balaban J connectivity index is 2.08. The second kappa shape index (κ2) is 4.48. The average molecular weight is 256 g/mol. The maximum absolute atomic E-state index is 12.9. The average Bonchev–Trinajstić information content (AvgIpc) is 2.82. The zero-order chi connectivity index (χ0) is 13.4. The highest BCUT2D eigenvalue weighted by atomic mass is 19.1. The highest BCUT2D eigenvalue weighted by Gasteiger charge is 2.10. The van der Waals surface area contributed by atoms with Crippen molar-refractivity contribution < 1.29 is 8.81 Å². The van der Waals surface area contributed by atoms with Gasteiger partial charge in [-0.1, -0.05) is 6.07 Å². The van der Waals surface area contributed by atoms with Crippen LogP contribution >= 0.6 is 0 Å². The molecule has 0 saturated carbocycles. The maximum atomic E-state index is 12.9. The Morgan fingerprint density at radius 1 is 1.16 bits per heavy atom. The topological polar surface area (TPSA) is 52.0 Å². The Morgan fingerprint density at radius 3 is 2.58 bits per heavy atom. The standard InChI is InChI=1S/C15H13FN2O/c1-9(17)11-4-7-14-13(8-11)18-15(19-14)10-2-5-12(16)6-3-10/h2-9H,17H2,1H3. The predicted molar refractivity (Wildman–Crippen MR) is 72.0 cm³/mol. The molecule has 2 aromatic carbocycles. The van der Waals surface area contributed by atoms with Gasteiger partial charge >= 0.3 is 0 Å². The number of benzene rings is 2. The summed E-state index contributed by atoms with van der Waals surface area (Å²) in [5.41, 5.74) is 9.05. The molecule has 3 aromatic rings. The molecule has 1 unspecified atom stereocenters. The molecular formula is C15H13FN2O. The third-order valence-corrected chi connectivity index (χ3v) is 3.03. The number of nitrogens with zero attached hydrogens (tertiary/aromatic N) is 1. The molecule has 1 atom stereocenters. The van der Waals surface area contributed by atoms with Gasteiger partial charge in [0.15, 0.2) is 5.58 Å². The van der Waals surface area contributed by atoms with Crippen LogP contribution in [0.4, 0.5) is 4.39 Å². The van der Waals surface area contributed by atoms with Crippen molar-refractivity contribution in [2.75, 3.05) is 0 Å². The van der Waals surface area contributed by atoms with Crippen molar-refractivity contribution in [2.45, 2.75) is 13.0 Å². The van der Waals surface area contributed by atoms with E-state index < -0.39 is 0 Å². The SMILES string of the molecule is CC(N)c1ccc2oc(-c3ccc(F)cc3)nc2c1. The first-order valence-corrected chi connectivity index (χ1v) is 6.05. The molecule has 19 heavy (non-hydrogen) atoms. The van der Waals surface area contributed by atoms with Gasteiger partial charge in [-0.2, -0.15) is 0 Å². The Morgan fingerprint density at radius 2 is 1.89 bits per heavy atom. The highest BCUT2D eigenvalue weighted by molar-refractivity contribution is 5.77. The second-order valence-corrected chi connectivity index (χ2v) is 4.54. The number of fused-ring (bicyclic) bond motifs is 1. The smallest absolute Gasteiger partial charge is 0.227 e. The van der Waals surface area contributed by atoms with Gasteiger partial charge in [0, 0.05) is 11.6 Å². The minimum Gasteiger partial charge on any atom is -0.436 e. The first-order chi connectivity index (χ1) is 9.13. The number of aromatic nitrogens is 1. The van der Waals surface area contributed by atoms with Crippen LogP contribution in [0.5, 0.6) is 0 Å². The van der Waals surface area contributed by atoms with Gasteiger partial charge in [0.05, 0.1) is 0 Å². The van der Waals surface area contributed by atoms with Gasteiger partial charge in [-0.25, -0.2) is 9.37 Å². The van der Waals surface area contributed by atoms with E-state index in [-0.39, 0.29) is 11.9 Å². The normalized spacial score (nSPS) is 12.8. The van der Waals surface area contributed by atoms with Crippen molar-refractivity contribution in [3.8, 4) is 11.5 Å². The van der Waals surface area contributed by atoms with E-state index in [4.69, 9.17) is 10.2 Å². The quantitative estimate of drug-likeness (QED) is 0.761. The van der Waals surface area contributed by atoms with E-state index in [1.54, 1.807) is 12.1 Å². The van der Waals surface area contributed by atoms with E-state index in [9.17, 15) is 4.39 Å². The van der Waals surface area contributed by atoms with Crippen LogP contribution in [0.2, 0.25) is 0 Å². The predicted octanol–water partition coefficient (Wildman–Crippen LogP) is 3.65. The molecule has 1 heterocycles. The van der Waals surface area contributed by atoms with E-state index in [0.29, 0.717) is 11.5 Å². The van der Waals surface area contributed by atoms with Gasteiger partial charge in [-0.3, -0.25) is 0 Å². The van der Waals surface area contributed by atoms with Gasteiger partial charge in [0.25, 0.3) is 0 Å². The van der Waals surface area contributed by atoms with Crippen LogP contribution in [0.3, 0.4) is 0 Å². The lowest BCUT2D eigenvalue weighted by atomic mass is 10.1. The molecule has 0 bridgehead atoms. The lowest BCUT2D eigenvalue weighted by Gasteiger charge is -2.03. The number of oxazole rings is 1. The minimum atomic E-state index is -0.279. The Bertz CT molecular complexity index is 717. The van der Waals surface area contributed by atoms with Crippen LogP contribution in [0.25, 0.3) is 22.6 Å². The van der Waals surface area contributed by atoms with E-state index in [2.05, 4.69) is 4.98 Å². The summed E-state index contributed by atoms with van der Waals surface area (Å²) in [6.45, 7) is 1.92. The lowest BCUT2D eigenvalue weighted by Crippen LogP contribution is -2.04. The Kier molecular flexibility index (Phi) is 2.80. The lowest BCUT2D eigenvalue weighted by molar-refractivity contribution is 0.616. The van der Waals surface area contributed by atoms with Crippen LogP contribution in [-0.4, -0.2) is 4.98 Å². The fourth-order valence-corrected chi connectivity index (χ4v) is 1.94. The fourth-order valence-electron chi connectivity index (χ4n) is 1.94. The third kappa shape index (κ3) is 2.22. The summed E-state index contributed by atoms with van der Waals surface area (Å²) in [5.74, 6) is 0.205. The molecule has 3 nitrogen and oxygen atoms in total. The van der Waals surface area contributed by atoms with E-state index in [0.717, 1.165) is 16.6 Å². The summed E-state index contributed by atoms with van der Waals surface area (Å²) >= 11 is 0. The van der Waals surface area contributed by atoms with Crippen molar-refractivity contribution in [3.63, 3.8) is 0 Å². The molecule has 0 aliphatic rings. The number of nitrogens with two attached hydrogens (primary N) is 1. The summed E-state index contributed by atoms with van der Waals surface area (Å²) in [5, 5.41) is 0. The summed E-state index contributed by atoms with van der Waals surface area (Å²) < 4.78 is 18.5. The third-order valence-electron chi connectivity index (χ3n) is 3.03. The molecule has 0 amide bonds. The van der Waals surface area contributed by atoms with Crippen LogP contribution < -0.4 is 5.73 Å². The maximum Gasteiger partial charge on any atom is 0.227 e. The van der Waals surface area contributed by atoms with Crippen molar-refractivity contribution in [2.24, 2.45) is 5.73 Å². The molecule has 0 radical (unpaired) electrons. The molecule has 96 valence electrons. The first-order valence-electron chi connectivity index (χ1n) is 6.05. The van der Waals surface area contributed by atoms with Gasteiger partial charge in [0.1, 0.15) is 11.3 Å². The fraction of sp³-hybridized carbons (Fsp3) is 0.133. The van der Waals surface area contributed by atoms with Gasteiger partial charge in [-0.05, 0) is 48.9 Å². The number of halogens is 1. The molecular weight excluding hydrogens is 243 g/mol. The van der Waals surface area contributed by atoms with Crippen molar-refractivity contribution in [1.82, 2.24) is 4.98 Å². The molecule has 3 rings (SSSR count). The van der Waals surface area contributed by atoms with Gasteiger partial charge in [0.2, 0.25) is 5.89 Å². The second-order valence-electron chi connectivity index (χ2n) is 4.54. The number of hydrogen-bond donors (Lipinski definition) is 1. The number of rotatable bonds is 2. The molecule has 2 N–H and O–H groups in total. The molecule has 0 aliphatic heterocycles. The molecule has 0 spiro atoms. The Labute approximate surface area is 109 Å². The molecule has 0 fully saturated rings. The summed E-state index contributed by atoms with van der Waals surface area (Å²) in [6, 6.07) is 11.7. The van der Waals surface area contributed by atoms with Crippen LogP contribution in [0.15, 0.2) is 46.9 Å². The minimum absolute atomic E-state index is 0.0460. The summed E-state index contributed by atoms with van der Waals surface area (Å²) in [7, 11) is 0. The first kappa shape index (κ1) is 11.9. The largest absolute Gasteiger partial charge is 0.436 e. The summed E-state index contributed by atoms with van der Waals surface area (Å²) in [4.78, 5) is 4.41.